The molecule has 1 aliphatic rings. The van der Waals surface area contributed by atoms with Crippen LogP contribution in [-0.2, 0) is 4.79 Å². The maximum Gasteiger partial charge on any atom is 0.303 e. The van der Waals surface area contributed by atoms with Crippen molar-refractivity contribution in [3.63, 3.8) is 0 Å². The average molecular weight is 229 g/mol. The van der Waals surface area contributed by atoms with Gasteiger partial charge in [-0.1, -0.05) is 0 Å². The Hall–Kier alpha value is -0.610. The van der Waals surface area contributed by atoms with Crippen LogP contribution in [0.3, 0.4) is 0 Å². The predicted molar refractivity (Wildman–Crippen MR) is 61.4 cm³/mol. The van der Waals surface area contributed by atoms with E-state index in [9.17, 15) is 10.0 Å². The van der Waals surface area contributed by atoms with Gasteiger partial charge in [-0.3, -0.25) is 4.79 Å². The fraction of sp³-hybridized carbons (Fsp3) is 0.917. The molecule has 0 atom stereocenters. The van der Waals surface area contributed by atoms with Crippen LogP contribution in [0.4, 0.5) is 0 Å². The zero-order valence-electron chi connectivity index (χ0n) is 10.7. The lowest BCUT2D eigenvalue weighted by Crippen LogP contribution is -2.58. The first-order valence-corrected chi connectivity index (χ1v) is 5.86. The fourth-order valence-corrected chi connectivity index (χ4v) is 3.01. The lowest BCUT2D eigenvalue weighted by Gasteiger charge is -2.51. The standard InChI is InChI=1S/C12H23NO3/c1-11(2)7-9(5-6-10(14)15)8-12(3,4)13(11)16/h9,16H,5-8H2,1-4H3,(H,14,15). The zero-order valence-corrected chi connectivity index (χ0v) is 10.7. The first-order valence-electron chi connectivity index (χ1n) is 5.86. The van der Waals surface area contributed by atoms with E-state index >= 15 is 0 Å². The number of nitrogens with zero attached hydrogens (tertiary/aromatic N) is 1. The van der Waals surface area contributed by atoms with Crippen molar-refractivity contribution >= 4 is 5.97 Å². The molecule has 1 rings (SSSR count). The first kappa shape index (κ1) is 13.5. The molecule has 0 unspecified atom stereocenters. The third-order valence-corrected chi connectivity index (χ3v) is 3.49. The van der Waals surface area contributed by atoms with E-state index in [0.29, 0.717) is 12.3 Å². The van der Waals surface area contributed by atoms with E-state index < -0.39 is 5.97 Å². The van der Waals surface area contributed by atoms with Crippen LogP contribution in [-0.4, -0.2) is 32.4 Å². The van der Waals surface area contributed by atoms with Gasteiger partial charge in [-0.15, -0.1) is 0 Å². The lowest BCUT2D eigenvalue weighted by molar-refractivity contribution is -0.251. The Balaban J connectivity index is 2.67. The van der Waals surface area contributed by atoms with Gasteiger partial charge in [0.25, 0.3) is 0 Å². The maximum atomic E-state index is 10.6. The van der Waals surface area contributed by atoms with Gasteiger partial charge in [0.2, 0.25) is 0 Å². The number of carbonyl (C=O) groups is 1. The Kier molecular flexibility index (Phi) is 3.65. The van der Waals surface area contributed by atoms with Gasteiger partial charge in [0.05, 0.1) is 0 Å². The smallest absolute Gasteiger partial charge is 0.303 e. The highest BCUT2D eigenvalue weighted by atomic mass is 16.5. The Morgan fingerprint density at radius 3 is 2.06 bits per heavy atom. The normalized spacial score (nSPS) is 25.6. The number of carboxylic acid groups (broad SMARTS) is 1. The molecular formula is C12H23NO3. The maximum absolute atomic E-state index is 10.6. The van der Waals surface area contributed by atoms with E-state index in [4.69, 9.17) is 5.11 Å². The Morgan fingerprint density at radius 2 is 1.69 bits per heavy atom. The highest BCUT2D eigenvalue weighted by molar-refractivity contribution is 5.66. The molecule has 0 aromatic rings. The number of carboxylic acids is 1. The summed E-state index contributed by atoms with van der Waals surface area (Å²) in [6.45, 7) is 8.01. The van der Waals surface area contributed by atoms with E-state index in [1.54, 1.807) is 0 Å². The largest absolute Gasteiger partial charge is 0.481 e. The van der Waals surface area contributed by atoms with Gasteiger partial charge in [0.1, 0.15) is 0 Å². The summed E-state index contributed by atoms with van der Waals surface area (Å²) in [5.41, 5.74) is -0.546. The molecule has 0 aliphatic carbocycles. The molecule has 0 saturated carbocycles. The molecule has 0 amide bonds. The molecule has 1 aliphatic heterocycles. The molecule has 1 fully saturated rings. The third-order valence-electron chi connectivity index (χ3n) is 3.49. The average Bonchev–Trinajstić information content (AvgIpc) is 2.10. The summed E-state index contributed by atoms with van der Waals surface area (Å²) in [6.07, 6.45) is 2.62. The van der Waals surface area contributed by atoms with Gasteiger partial charge in [0.15, 0.2) is 0 Å². The number of aliphatic carboxylic acids is 1. The summed E-state index contributed by atoms with van der Waals surface area (Å²) in [7, 11) is 0. The van der Waals surface area contributed by atoms with Crippen molar-refractivity contribution < 1.29 is 15.1 Å². The van der Waals surface area contributed by atoms with Gasteiger partial charge < -0.3 is 10.3 Å². The SMILES string of the molecule is CC1(C)CC(CCC(=O)O)CC(C)(C)N1O. The van der Waals surface area contributed by atoms with E-state index in [0.717, 1.165) is 12.8 Å². The fourth-order valence-electron chi connectivity index (χ4n) is 3.01. The molecular weight excluding hydrogens is 206 g/mol. The summed E-state index contributed by atoms with van der Waals surface area (Å²) in [6, 6.07) is 0. The molecule has 4 nitrogen and oxygen atoms in total. The second kappa shape index (κ2) is 4.34. The molecule has 4 heteroatoms. The molecule has 1 heterocycles. The summed E-state index contributed by atoms with van der Waals surface area (Å²) < 4.78 is 0. The van der Waals surface area contributed by atoms with Crippen molar-refractivity contribution in [2.45, 2.75) is 64.5 Å². The third kappa shape index (κ3) is 2.95. The summed E-state index contributed by atoms with van der Waals surface area (Å²) in [4.78, 5) is 10.6. The lowest BCUT2D eigenvalue weighted by atomic mass is 9.74. The van der Waals surface area contributed by atoms with E-state index in [2.05, 4.69) is 0 Å². The number of hydroxylamine groups is 2. The van der Waals surface area contributed by atoms with Crippen molar-refractivity contribution in [2.24, 2.45) is 5.92 Å². The molecule has 0 spiro atoms. The van der Waals surface area contributed by atoms with Crippen LogP contribution in [0.15, 0.2) is 0 Å². The minimum Gasteiger partial charge on any atom is -0.481 e. The molecule has 0 aromatic heterocycles. The zero-order chi connectivity index (χ0) is 12.6. The van der Waals surface area contributed by atoms with Crippen LogP contribution in [0.5, 0.6) is 0 Å². The predicted octanol–water partition coefficient (Wildman–Crippen LogP) is 2.51. The molecule has 1 saturated heterocycles. The molecule has 0 bridgehead atoms. The minimum atomic E-state index is -0.734. The molecule has 0 radical (unpaired) electrons. The summed E-state index contributed by atoms with van der Waals surface area (Å²) in [5.74, 6) is -0.355. The first-order chi connectivity index (χ1) is 7.15. The topological polar surface area (TPSA) is 60.8 Å². The van der Waals surface area contributed by atoms with Crippen molar-refractivity contribution in [1.29, 1.82) is 0 Å². The summed E-state index contributed by atoms with van der Waals surface area (Å²) >= 11 is 0. The number of rotatable bonds is 3. The summed E-state index contributed by atoms with van der Waals surface area (Å²) in [5, 5.41) is 20.2. The number of piperidine rings is 1. The van der Waals surface area contributed by atoms with E-state index in [1.165, 1.54) is 5.06 Å². The van der Waals surface area contributed by atoms with E-state index in [-0.39, 0.29) is 17.5 Å². The van der Waals surface area contributed by atoms with E-state index in [1.807, 2.05) is 27.7 Å². The van der Waals surface area contributed by atoms with Crippen LogP contribution in [0.25, 0.3) is 0 Å². The van der Waals surface area contributed by atoms with Crippen molar-refractivity contribution in [1.82, 2.24) is 5.06 Å². The van der Waals surface area contributed by atoms with Crippen LogP contribution in [0.2, 0.25) is 0 Å². The Labute approximate surface area is 97.2 Å². The van der Waals surface area contributed by atoms with Crippen molar-refractivity contribution in [2.75, 3.05) is 0 Å². The minimum absolute atomic E-state index is 0.224. The molecule has 16 heavy (non-hydrogen) atoms. The van der Waals surface area contributed by atoms with Gasteiger partial charge in [-0.25, -0.2) is 0 Å². The van der Waals surface area contributed by atoms with Gasteiger partial charge >= 0.3 is 5.97 Å². The highest BCUT2D eigenvalue weighted by Crippen LogP contribution is 2.41. The second-order valence-electron chi connectivity index (χ2n) is 6.14. The Morgan fingerprint density at radius 1 is 1.25 bits per heavy atom. The number of hydrogen-bond acceptors (Lipinski definition) is 3. The number of hydrogen-bond donors (Lipinski definition) is 2. The van der Waals surface area contributed by atoms with Crippen LogP contribution in [0, 0.1) is 5.92 Å². The molecule has 94 valence electrons. The van der Waals surface area contributed by atoms with Crippen LogP contribution in [0.1, 0.15) is 53.4 Å². The van der Waals surface area contributed by atoms with Crippen molar-refractivity contribution in [3.8, 4) is 0 Å². The monoisotopic (exact) mass is 229 g/mol. The van der Waals surface area contributed by atoms with Crippen LogP contribution >= 0.6 is 0 Å². The molecule has 0 aromatic carbocycles. The van der Waals surface area contributed by atoms with Gasteiger partial charge in [0, 0.05) is 17.5 Å². The van der Waals surface area contributed by atoms with Crippen molar-refractivity contribution in [3.05, 3.63) is 0 Å². The quantitative estimate of drug-likeness (QED) is 0.780. The van der Waals surface area contributed by atoms with Crippen LogP contribution < -0.4 is 0 Å². The molecule has 2 N–H and O–H groups in total. The second-order valence-corrected chi connectivity index (χ2v) is 6.14. The Bertz CT molecular complexity index is 255. The van der Waals surface area contributed by atoms with Gasteiger partial charge in [-0.05, 0) is 52.9 Å². The highest BCUT2D eigenvalue weighted by Gasteiger charge is 2.44. The van der Waals surface area contributed by atoms with Gasteiger partial charge in [-0.2, -0.15) is 5.06 Å².